The number of carbonyl (C=O) groups excluding carboxylic acids is 1. The Hall–Kier alpha value is -1.76. The Labute approximate surface area is 135 Å². The number of piperazine rings is 1. The van der Waals surface area contributed by atoms with Crippen LogP contribution < -0.4 is 5.73 Å². The van der Waals surface area contributed by atoms with E-state index in [9.17, 15) is 4.79 Å². The number of hydrogen-bond acceptors (Lipinski definition) is 4. The molecule has 0 saturated carbocycles. The van der Waals surface area contributed by atoms with Gasteiger partial charge in [-0.15, -0.1) is 11.3 Å². The quantitative estimate of drug-likeness (QED) is 0.668. The van der Waals surface area contributed by atoms with Gasteiger partial charge in [-0.05, 0) is 32.2 Å². The number of rotatable bonds is 2. The van der Waals surface area contributed by atoms with E-state index in [0.29, 0.717) is 38.7 Å². The van der Waals surface area contributed by atoms with Gasteiger partial charge in [-0.3, -0.25) is 0 Å². The second-order valence-electron chi connectivity index (χ2n) is 6.21. The Morgan fingerprint density at radius 3 is 2.50 bits per heavy atom. The van der Waals surface area contributed by atoms with E-state index in [1.54, 1.807) is 16.2 Å². The molecule has 6 nitrogen and oxygen atoms in total. The van der Waals surface area contributed by atoms with Crippen molar-refractivity contribution >= 4 is 23.4 Å². The van der Waals surface area contributed by atoms with E-state index in [0.717, 1.165) is 0 Å². The summed E-state index contributed by atoms with van der Waals surface area (Å²) in [6.45, 7) is 8.78. The lowest BCUT2D eigenvalue weighted by Crippen LogP contribution is -2.53. The van der Waals surface area contributed by atoms with Crippen LogP contribution in [-0.4, -0.2) is 53.6 Å². The van der Waals surface area contributed by atoms with Crippen molar-refractivity contribution in [1.29, 1.82) is 0 Å². The van der Waals surface area contributed by atoms with Crippen molar-refractivity contribution in [2.24, 2.45) is 10.7 Å². The first-order valence-electron chi connectivity index (χ1n) is 7.40. The molecule has 7 heteroatoms. The fraction of sp³-hybridized carbons (Fsp3) is 0.600. The molecule has 2 N–H and O–H groups in total. The molecule has 1 aromatic heterocycles. The van der Waals surface area contributed by atoms with Crippen molar-refractivity contribution in [3.8, 4) is 0 Å². The monoisotopic (exact) mass is 324 g/mol. The molecule has 2 rings (SSSR count). The molecule has 0 unspecified atom stereocenters. The van der Waals surface area contributed by atoms with E-state index in [-0.39, 0.29) is 6.09 Å². The summed E-state index contributed by atoms with van der Waals surface area (Å²) in [5, 5.41) is 2.03. The lowest BCUT2D eigenvalue weighted by molar-refractivity contribution is 0.0186. The third-order valence-electron chi connectivity index (χ3n) is 3.23. The third-order valence-corrected chi connectivity index (χ3v) is 4.09. The molecule has 1 aliphatic heterocycles. The minimum Gasteiger partial charge on any atom is -0.444 e. The minimum atomic E-state index is -0.463. The van der Waals surface area contributed by atoms with Crippen LogP contribution in [0.3, 0.4) is 0 Å². The van der Waals surface area contributed by atoms with Crippen LogP contribution in [-0.2, 0) is 11.3 Å². The van der Waals surface area contributed by atoms with Crippen molar-refractivity contribution in [2.75, 3.05) is 26.2 Å². The molecule has 1 fully saturated rings. The van der Waals surface area contributed by atoms with Crippen molar-refractivity contribution in [3.63, 3.8) is 0 Å². The molecule has 0 bridgehead atoms. The Kier molecular flexibility index (Phi) is 5.28. The first-order valence-corrected chi connectivity index (χ1v) is 8.28. The molecule has 1 saturated heterocycles. The zero-order valence-electron chi connectivity index (χ0n) is 13.4. The average Bonchev–Trinajstić information content (AvgIpc) is 2.96. The van der Waals surface area contributed by atoms with E-state index in [1.165, 1.54) is 4.88 Å². The van der Waals surface area contributed by atoms with Crippen LogP contribution >= 0.6 is 11.3 Å². The highest BCUT2D eigenvalue weighted by molar-refractivity contribution is 7.09. The first kappa shape index (κ1) is 16.6. The van der Waals surface area contributed by atoms with Crippen LogP contribution in [0.2, 0.25) is 0 Å². The summed E-state index contributed by atoms with van der Waals surface area (Å²) in [7, 11) is 0. The largest absolute Gasteiger partial charge is 0.444 e. The Morgan fingerprint density at radius 1 is 1.32 bits per heavy atom. The van der Waals surface area contributed by atoms with Gasteiger partial charge in [-0.25, -0.2) is 9.79 Å². The number of hydrogen-bond donors (Lipinski definition) is 1. The standard InChI is InChI=1S/C15H24N4O2S/c1-15(2,3)21-14(20)19-8-6-18(7-9-19)13(16)17-11-12-5-4-10-22-12/h4-5,10H,6-9,11H2,1-3H3,(H2,16,17). The van der Waals surface area contributed by atoms with Gasteiger partial charge in [-0.2, -0.15) is 0 Å². The SMILES string of the molecule is CC(C)(C)OC(=O)N1CCN(C(N)=NCc2cccs2)CC1. The molecule has 1 amide bonds. The number of nitrogens with zero attached hydrogens (tertiary/aromatic N) is 3. The molecule has 0 aliphatic carbocycles. The van der Waals surface area contributed by atoms with Crippen LogP contribution in [0.25, 0.3) is 0 Å². The predicted molar refractivity (Wildman–Crippen MR) is 89.0 cm³/mol. The molecular formula is C15H24N4O2S. The van der Waals surface area contributed by atoms with Gasteiger partial charge in [-0.1, -0.05) is 6.07 Å². The van der Waals surface area contributed by atoms with Gasteiger partial charge in [0, 0.05) is 31.1 Å². The number of amides is 1. The first-order chi connectivity index (χ1) is 10.3. The zero-order valence-corrected chi connectivity index (χ0v) is 14.2. The van der Waals surface area contributed by atoms with Gasteiger partial charge in [0.2, 0.25) is 0 Å². The maximum atomic E-state index is 12.0. The molecule has 0 spiro atoms. The van der Waals surface area contributed by atoms with Crippen molar-refractivity contribution in [1.82, 2.24) is 9.80 Å². The predicted octanol–water partition coefficient (Wildman–Crippen LogP) is 2.12. The Balaban J connectivity index is 1.81. The van der Waals surface area contributed by atoms with E-state index in [4.69, 9.17) is 10.5 Å². The fourth-order valence-electron chi connectivity index (χ4n) is 2.11. The Morgan fingerprint density at radius 2 is 1.95 bits per heavy atom. The lowest BCUT2D eigenvalue weighted by atomic mass is 10.2. The van der Waals surface area contributed by atoms with E-state index in [2.05, 4.69) is 4.99 Å². The number of nitrogens with two attached hydrogens (primary N) is 1. The highest BCUT2D eigenvalue weighted by atomic mass is 32.1. The molecule has 0 aromatic carbocycles. The molecule has 2 heterocycles. The van der Waals surface area contributed by atoms with Crippen molar-refractivity contribution in [2.45, 2.75) is 32.9 Å². The summed E-state index contributed by atoms with van der Waals surface area (Å²) in [4.78, 5) is 21.3. The van der Waals surface area contributed by atoms with Gasteiger partial charge in [0.05, 0.1) is 6.54 Å². The van der Waals surface area contributed by atoms with Crippen LogP contribution in [0.15, 0.2) is 22.5 Å². The highest BCUT2D eigenvalue weighted by Gasteiger charge is 2.26. The second kappa shape index (κ2) is 7.00. The normalized spacial score (nSPS) is 16.8. The number of thiophene rings is 1. The number of guanidine groups is 1. The summed E-state index contributed by atoms with van der Waals surface area (Å²) in [6, 6.07) is 4.05. The van der Waals surface area contributed by atoms with Crippen LogP contribution in [0, 0.1) is 0 Å². The Bertz CT molecular complexity index is 514. The molecule has 1 aromatic rings. The highest BCUT2D eigenvalue weighted by Crippen LogP contribution is 2.12. The van der Waals surface area contributed by atoms with E-state index < -0.39 is 5.60 Å². The van der Waals surface area contributed by atoms with E-state index >= 15 is 0 Å². The number of ether oxygens (including phenoxy) is 1. The van der Waals surface area contributed by atoms with Gasteiger partial charge >= 0.3 is 6.09 Å². The number of aliphatic imine (C=N–C) groups is 1. The summed E-state index contributed by atoms with van der Waals surface area (Å²) in [5.74, 6) is 0.539. The maximum Gasteiger partial charge on any atom is 0.410 e. The summed E-state index contributed by atoms with van der Waals surface area (Å²) in [6.07, 6.45) is -0.263. The molecule has 0 radical (unpaired) electrons. The fourth-order valence-corrected chi connectivity index (χ4v) is 2.73. The van der Waals surface area contributed by atoms with Crippen molar-refractivity contribution in [3.05, 3.63) is 22.4 Å². The van der Waals surface area contributed by atoms with Gasteiger partial charge in [0.1, 0.15) is 5.60 Å². The molecule has 122 valence electrons. The topological polar surface area (TPSA) is 71.2 Å². The summed E-state index contributed by atoms with van der Waals surface area (Å²) < 4.78 is 5.38. The third kappa shape index (κ3) is 4.91. The van der Waals surface area contributed by atoms with Crippen LogP contribution in [0.1, 0.15) is 25.6 Å². The smallest absolute Gasteiger partial charge is 0.410 e. The van der Waals surface area contributed by atoms with Gasteiger partial charge in [0.25, 0.3) is 0 Å². The molecule has 0 atom stereocenters. The summed E-state index contributed by atoms with van der Waals surface area (Å²) >= 11 is 1.67. The zero-order chi connectivity index (χ0) is 16.2. The van der Waals surface area contributed by atoms with Crippen LogP contribution in [0.5, 0.6) is 0 Å². The minimum absolute atomic E-state index is 0.263. The maximum absolute atomic E-state index is 12.0. The van der Waals surface area contributed by atoms with Gasteiger partial charge in [0.15, 0.2) is 5.96 Å². The average molecular weight is 324 g/mol. The van der Waals surface area contributed by atoms with Crippen molar-refractivity contribution < 1.29 is 9.53 Å². The molecule has 22 heavy (non-hydrogen) atoms. The lowest BCUT2D eigenvalue weighted by Gasteiger charge is -2.36. The molecular weight excluding hydrogens is 300 g/mol. The van der Waals surface area contributed by atoms with Gasteiger partial charge < -0.3 is 20.3 Å². The van der Waals surface area contributed by atoms with E-state index in [1.807, 2.05) is 43.2 Å². The molecule has 1 aliphatic rings. The second-order valence-corrected chi connectivity index (χ2v) is 7.24. The van der Waals surface area contributed by atoms with Crippen LogP contribution in [0.4, 0.5) is 4.79 Å². The summed E-state index contributed by atoms with van der Waals surface area (Å²) in [5.41, 5.74) is 5.57. The number of carbonyl (C=O) groups is 1.